The summed E-state index contributed by atoms with van der Waals surface area (Å²) in [5.41, 5.74) is 0. The van der Waals surface area contributed by atoms with Crippen LogP contribution in [-0.4, -0.2) is 20.7 Å². The standard InChI is InChI=1S/C12H19NO4S/c1-4-9(2)7-10(3)13-18(15,16)12-6-5-11(8-14)17-12/h5-6,8-10,13H,4,7H2,1-3H3. The number of carbonyl (C=O) groups is 1. The monoisotopic (exact) mass is 273 g/mol. The van der Waals surface area contributed by atoms with Crippen molar-refractivity contribution >= 4 is 16.3 Å². The maximum Gasteiger partial charge on any atom is 0.274 e. The first-order valence-electron chi connectivity index (χ1n) is 5.96. The first-order valence-corrected chi connectivity index (χ1v) is 7.44. The van der Waals surface area contributed by atoms with Gasteiger partial charge in [-0.3, -0.25) is 4.79 Å². The van der Waals surface area contributed by atoms with Gasteiger partial charge in [0.25, 0.3) is 10.0 Å². The molecule has 0 aliphatic carbocycles. The molecular formula is C12H19NO4S. The lowest BCUT2D eigenvalue weighted by molar-refractivity contribution is 0.109. The third-order valence-corrected chi connectivity index (χ3v) is 4.25. The Morgan fingerprint density at radius 1 is 1.39 bits per heavy atom. The zero-order valence-electron chi connectivity index (χ0n) is 10.8. The maximum absolute atomic E-state index is 11.9. The zero-order valence-corrected chi connectivity index (χ0v) is 11.7. The van der Waals surface area contributed by atoms with E-state index in [4.69, 9.17) is 4.42 Å². The van der Waals surface area contributed by atoms with Crippen molar-refractivity contribution in [2.45, 2.75) is 44.7 Å². The van der Waals surface area contributed by atoms with E-state index < -0.39 is 10.0 Å². The van der Waals surface area contributed by atoms with Gasteiger partial charge in [0, 0.05) is 6.04 Å². The average molecular weight is 273 g/mol. The summed E-state index contributed by atoms with van der Waals surface area (Å²) in [6.45, 7) is 5.95. The van der Waals surface area contributed by atoms with Gasteiger partial charge >= 0.3 is 0 Å². The molecule has 18 heavy (non-hydrogen) atoms. The van der Waals surface area contributed by atoms with Crippen LogP contribution in [0.4, 0.5) is 0 Å². The molecule has 1 N–H and O–H groups in total. The van der Waals surface area contributed by atoms with E-state index in [0.29, 0.717) is 12.2 Å². The molecular weight excluding hydrogens is 254 g/mol. The molecule has 0 aliphatic rings. The van der Waals surface area contributed by atoms with Crippen LogP contribution in [0.1, 0.15) is 44.2 Å². The summed E-state index contributed by atoms with van der Waals surface area (Å²) >= 11 is 0. The molecule has 2 atom stereocenters. The molecule has 1 rings (SSSR count). The molecule has 0 aromatic carbocycles. The lowest BCUT2D eigenvalue weighted by atomic mass is 10.0. The van der Waals surface area contributed by atoms with Gasteiger partial charge < -0.3 is 4.42 Å². The molecule has 1 heterocycles. The number of furan rings is 1. The third-order valence-electron chi connectivity index (χ3n) is 2.79. The molecule has 0 radical (unpaired) electrons. The lowest BCUT2D eigenvalue weighted by Crippen LogP contribution is -2.33. The van der Waals surface area contributed by atoms with Gasteiger partial charge in [0.15, 0.2) is 12.0 Å². The van der Waals surface area contributed by atoms with Crippen LogP contribution in [-0.2, 0) is 10.0 Å². The molecule has 0 saturated carbocycles. The molecule has 6 heteroatoms. The molecule has 1 aromatic heterocycles. The van der Waals surface area contributed by atoms with Crippen molar-refractivity contribution in [3.8, 4) is 0 Å². The van der Waals surface area contributed by atoms with Gasteiger partial charge in [0.1, 0.15) is 0 Å². The number of aldehydes is 1. The fraction of sp³-hybridized carbons (Fsp3) is 0.583. The molecule has 5 nitrogen and oxygen atoms in total. The first-order chi connectivity index (χ1) is 8.39. The second kappa shape index (κ2) is 6.15. The lowest BCUT2D eigenvalue weighted by Gasteiger charge is -2.16. The van der Waals surface area contributed by atoms with E-state index in [2.05, 4.69) is 18.6 Å². The summed E-state index contributed by atoms with van der Waals surface area (Å²) in [5, 5.41) is -0.222. The number of carbonyl (C=O) groups excluding carboxylic acids is 1. The van der Waals surface area contributed by atoms with Crippen molar-refractivity contribution in [2.24, 2.45) is 5.92 Å². The summed E-state index contributed by atoms with van der Waals surface area (Å²) in [4.78, 5) is 10.4. The minimum absolute atomic E-state index is 0.00459. The third kappa shape index (κ3) is 3.96. The van der Waals surface area contributed by atoms with E-state index in [0.717, 1.165) is 12.8 Å². The Balaban J connectivity index is 2.72. The van der Waals surface area contributed by atoms with Crippen LogP contribution in [0, 0.1) is 5.92 Å². The van der Waals surface area contributed by atoms with Crippen LogP contribution in [0.2, 0.25) is 0 Å². The van der Waals surface area contributed by atoms with Gasteiger partial charge in [-0.2, -0.15) is 0 Å². The number of hydrogen-bond acceptors (Lipinski definition) is 4. The average Bonchev–Trinajstić information content (AvgIpc) is 2.77. The van der Waals surface area contributed by atoms with Crippen LogP contribution in [0.3, 0.4) is 0 Å². The SMILES string of the molecule is CCC(C)CC(C)NS(=O)(=O)c1ccc(C=O)o1. The Bertz CT molecular complexity index is 492. The van der Waals surface area contributed by atoms with Crippen LogP contribution >= 0.6 is 0 Å². The minimum atomic E-state index is -3.68. The second-order valence-corrected chi connectivity index (χ2v) is 6.19. The zero-order chi connectivity index (χ0) is 13.8. The fourth-order valence-corrected chi connectivity index (χ4v) is 2.88. The fourth-order valence-electron chi connectivity index (χ4n) is 1.68. The maximum atomic E-state index is 11.9. The van der Waals surface area contributed by atoms with E-state index in [1.54, 1.807) is 0 Å². The topological polar surface area (TPSA) is 76.4 Å². The van der Waals surface area contributed by atoms with Crippen molar-refractivity contribution in [3.05, 3.63) is 17.9 Å². The normalized spacial score (nSPS) is 15.3. The van der Waals surface area contributed by atoms with Crippen molar-refractivity contribution in [1.82, 2.24) is 4.72 Å². The van der Waals surface area contributed by atoms with Gasteiger partial charge in [-0.15, -0.1) is 0 Å². The Morgan fingerprint density at radius 2 is 2.06 bits per heavy atom. The van der Waals surface area contributed by atoms with Crippen molar-refractivity contribution < 1.29 is 17.6 Å². The van der Waals surface area contributed by atoms with E-state index in [1.807, 2.05) is 6.92 Å². The minimum Gasteiger partial charge on any atom is -0.440 e. The van der Waals surface area contributed by atoms with Crippen LogP contribution in [0.25, 0.3) is 0 Å². The number of sulfonamides is 1. The summed E-state index contributed by atoms with van der Waals surface area (Å²) in [6, 6.07) is 2.44. The Kier molecular flexibility index (Phi) is 5.10. The van der Waals surface area contributed by atoms with Gasteiger partial charge in [0.2, 0.25) is 5.09 Å². The molecule has 0 bridgehead atoms. The Hall–Kier alpha value is -1.14. The summed E-state index contributed by atoms with van der Waals surface area (Å²) in [6.07, 6.45) is 2.24. The molecule has 0 saturated heterocycles. The largest absolute Gasteiger partial charge is 0.440 e. The van der Waals surface area contributed by atoms with E-state index in [9.17, 15) is 13.2 Å². The van der Waals surface area contributed by atoms with E-state index in [-0.39, 0.29) is 16.9 Å². The van der Waals surface area contributed by atoms with Gasteiger partial charge in [-0.25, -0.2) is 13.1 Å². The highest BCUT2D eigenvalue weighted by Crippen LogP contribution is 2.15. The van der Waals surface area contributed by atoms with Gasteiger partial charge in [0.05, 0.1) is 0 Å². The summed E-state index contributed by atoms with van der Waals surface area (Å²) in [7, 11) is -3.68. The van der Waals surface area contributed by atoms with Crippen LogP contribution in [0.15, 0.2) is 21.6 Å². The highest BCUT2D eigenvalue weighted by atomic mass is 32.2. The van der Waals surface area contributed by atoms with Gasteiger partial charge in [-0.1, -0.05) is 20.3 Å². The number of rotatable bonds is 7. The van der Waals surface area contributed by atoms with Crippen LogP contribution < -0.4 is 4.72 Å². The summed E-state index contributed by atoms with van der Waals surface area (Å²) < 4.78 is 31.3. The number of nitrogens with one attached hydrogen (secondary N) is 1. The smallest absolute Gasteiger partial charge is 0.274 e. The van der Waals surface area contributed by atoms with Crippen molar-refractivity contribution in [2.75, 3.05) is 0 Å². The molecule has 2 unspecified atom stereocenters. The quantitative estimate of drug-likeness (QED) is 0.773. The van der Waals surface area contributed by atoms with E-state index >= 15 is 0 Å². The molecule has 0 spiro atoms. The van der Waals surface area contributed by atoms with Crippen LogP contribution in [0.5, 0.6) is 0 Å². The molecule has 0 fully saturated rings. The van der Waals surface area contributed by atoms with Gasteiger partial charge in [-0.05, 0) is 31.4 Å². The predicted octanol–water partition coefficient (Wildman–Crippen LogP) is 2.20. The first kappa shape index (κ1) is 14.9. The molecule has 0 amide bonds. The Labute approximate surface area is 108 Å². The molecule has 1 aromatic rings. The highest BCUT2D eigenvalue weighted by Gasteiger charge is 2.21. The van der Waals surface area contributed by atoms with Crippen molar-refractivity contribution in [3.63, 3.8) is 0 Å². The summed E-state index contributed by atoms with van der Waals surface area (Å²) in [5.74, 6) is 0.454. The second-order valence-electron chi connectivity index (χ2n) is 4.55. The van der Waals surface area contributed by atoms with E-state index in [1.165, 1.54) is 12.1 Å². The van der Waals surface area contributed by atoms with Crippen molar-refractivity contribution in [1.29, 1.82) is 0 Å². The number of hydrogen-bond donors (Lipinski definition) is 1. The molecule has 0 aliphatic heterocycles. The molecule has 102 valence electrons. The Morgan fingerprint density at radius 3 is 2.56 bits per heavy atom. The predicted molar refractivity (Wildman–Crippen MR) is 68.0 cm³/mol. The highest BCUT2D eigenvalue weighted by molar-refractivity contribution is 7.89.